The monoisotopic (exact) mass is 394 g/mol. The Balaban J connectivity index is 1.87. The van der Waals surface area contributed by atoms with Crippen LogP contribution in [0.5, 0.6) is 0 Å². The number of rotatable bonds is 5. The third-order valence-corrected chi connectivity index (χ3v) is 5.42. The van der Waals surface area contributed by atoms with E-state index >= 15 is 0 Å². The molecule has 0 atom stereocenters. The van der Waals surface area contributed by atoms with Crippen LogP contribution < -0.4 is 16.6 Å². The van der Waals surface area contributed by atoms with E-state index in [0.29, 0.717) is 17.5 Å². The molecule has 3 aromatic rings. The van der Waals surface area contributed by atoms with Gasteiger partial charge in [-0.1, -0.05) is 19.1 Å². The van der Waals surface area contributed by atoms with Crippen LogP contribution in [0.2, 0.25) is 0 Å². The van der Waals surface area contributed by atoms with E-state index < -0.39 is 5.69 Å². The van der Waals surface area contributed by atoms with Gasteiger partial charge in [-0.15, -0.1) is 0 Å². The number of carbonyl (C=O) groups excluding carboxylic acids is 1. The van der Waals surface area contributed by atoms with Crippen LogP contribution in [0.25, 0.3) is 11.0 Å². The molecule has 0 unspecified atom stereocenters. The maximum Gasteiger partial charge on any atom is 0.332 e. The van der Waals surface area contributed by atoms with Crippen LogP contribution in [0.1, 0.15) is 35.7 Å². The van der Waals surface area contributed by atoms with Gasteiger partial charge in [-0.3, -0.25) is 18.7 Å². The number of aryl methyl sites for hydroxylation is 4. The number of nitrogens with zero attached hydrogens (tertiary/aromatic N) is 3. The fourth-order valence-corrected chi connectivity index (χ4v) is 3.60. The van der Waals surface area contributed by atoms with Crippen molar-refractivity contribution in [1.82, 2.24) is 14.1 Å². The van der Waals surface area contributed by atoms with Crippen molar-refractivity contribution < 1.29 is 4.79 Å². The Kier molecular flexibility index (Phi) is 5.68. The van der Waals surface area contributed by atoms with Gasteiger partial charge in [0.15, 0.2) is 0 Å². The second-order valence-corrected chi connectivity index (χ2v) is 7.30. The molecule has 0 spiro atoms. The van der Waals surface area contributed by atoms with Gasteiger partial charge >= 0.3 is 5.69 Å². The Morgan fingerprint density at radius 1 is 1.07 bits per heavy atom. The van der Waals surface area contributed by atoms with Crippen LogP contribution in [-0.2, 0) is 31.7 Å². The molecule has 0 radical (unpaired) electrons. The number of fused-ring (bicyclic) bond motifs is 1. The van der Waals surface area contributed by atoms with E-state index in [0.717, 1.165) is 33.5 Å². The zero-order valence-electron chi connectivity index (χ0n) is 17.5. The Morgan fingerprint density at radius 2 is 1.72 bits per heavy atom. The lowest BCUT2D eigenvalue weighted by molar-refractivity contribution is -0.116. The van der Waals surface area contributed by atoms with Crippen molar-refractivity contribution in [2.24, 2.45) is 14.1 Å². The fourth-order valence-electron chi connectivity index (χ4n) is 3.60. The Bertz CT molecular complexity index is 1200. The topological polar surface area (TPSA) is 86.0 Å². The molecule has 0 aliphatic rings. The molecule has 0 saturated carbocycles. The summed E-state index contributed by atoms with van der Waals surface area (Å²) in [5.41, 5.74) is 3.93. The molecule has 0 fully saturated rings. The molecule has 152 valence electrons. The van der Waals surface area contributed by atoms with Gasteiger partial charge in [0.1, 0.15) is 5.65 Å². The van der Waals surface area contributed by atoms with E-state index in [2.05, 4.69) is 17.2 Å². The normalized spacial score (nSPS) is 11.1. The van der Waals surface area contributed by atoms with Crippen molar-refractivity contribution in [3.05, 3.63) is 67.5 Å². The minimum absolute atomic E-state index is 0.0958. The minimum atomic E-state index is -0.407. The maximum atomic E-state index is 12.6. The molecule has 2 aromatic heterocycles. The molecular weight excluding hydrogens is 368 g/mol. The zero-order valence-corrected chi connectivity index (χ0v) is 17.5. The average Bonchev–Trinajstić information content (AvgIpc) is 2.70. The van der Waals surface area contributed by atoms with E-state index in [1.54, 1.807) is 7.05 Å². The predicted molar refractivity (Wildman–Crippen MR) is 114 cm³/mol. The highest BCUT2D eigenvalue weighted by Gasteiger charge is 2.17. The summed E-state index contributed by atoms with van der Waals surface area (Å²) < 4.78 is 2.47. The van der Waals surface area contributed by atoms with Gasteiger partial charge in [-0.05, 0) is 55.5 Å². The number of hydrogen-bond donors (Lipinski definition) is 1. The summed E-state index contributed by atoms with van der Waals surface area (Å²) in [5, 5.41) is 3.33. The van der Waals surface area contributed by atoms with E-state index in [4.69, 9.17) is 0 Å². The fraction of sp³-hybridized carbons (Fsp3) is 0.364. The second kappa shape index (κ2) is 8.03. The number of nitrogens with one attached hydrogen (secondary N) is 1. The van der Waals surface area contributed by atoms with Gasteiger partial charge in [-0.25, -0.2) is 9.78 Å². The van der Waals surface area contributed by atoms with Crippen LogP contribution in [0.3, 0.4) is 0 Å². The molecule has 0 bridgehead atoms. The van der Waals surface area contributed by atoms with Gasteiger partial charge in [0.2, 0.25) is 5.91 Å². The van der Waals surface area contributed by atoms with Crippen molar-refractivity contribution in [3.63, 3.8) is 0 Å². The molecule has 1 amide bonds. The van der Waals surface area contributed by atoms with E-state index in [1.165, 1.54) is 17.2 Å². The van der Waals surface area contributed by atoms with Crippen molar-refractivity contribution in [1.29, 1.82) is 0 Å². The number of pyridine rings is 1. The molecule has 29 heavy (non-hydrogen) atoms. The largest absolute Gasteiger partial charge is 0.332 e. The Labute approximate surface area is 169 Å². The first-order chi connectivity index (χ1) is 13.7. The van der Waals surface area contributed by atoms with Gasteiger partial charge in [0.05, 0.1) is 5.39 Å². The molecule has 2 heterocycles. The van der Waals surface area contributed by atoms with Crippen LogP contribution in [0.15, 0.2) is 33.9 Å². The summed E-state index contributed by atoms with van der Waals surface area (Å²) in [4.78, 5) is 41.7. The quantitative estimate of drug-likeness (QED) is 0.720. The molecule has 1 aromatic carbocycles. The third kappa shape index (κ3) is 3.85. The molecule has 0 aliphatic heterocycles. The van der Waals surface area contributed by atoms with Crippen LogP contribution in [0.4, 0.5) is 5.69 Å². The molecule has 0 saturated heterocycles. The number of aromatic nitrogens is 3. The summed E-state index contributed by atoms with van der Waals surface area (Å²) in [6.45, 7) is 5.77. The number of anilines is 1. The van der Waals surface area contributed by atoms with Crippen molar-refractivity contribution in [2.45, 2.75) is 40.0 Å². The van der Waals surface area contributed by atoms with Gasteiger partial charge in [0.25, 0.3) is 5.56 Å². The van der Waals surface area contributed by atoms with Gasteiger partial charge < -0.3 is 5.32 Å². The van der Waals surface area contributed by atoms with E-state index in [9.17, 15) is 14.4 Å². The number of carbonyl (C=O) groups is 1. The first-order valence-electron chi connectivity index (χ1n) is 9.69. The molecule has 3 rings (SSSR count). The summed E-state index contributed by atoms with van der Waals surface area (Å²) in [6.07, 6.45) is 1.69. The lowest BCUT2D eigenvalue weighted by atomic mass is 10.00. The van der Waals surface area contributed by atoms with E-state index in [-0.39, 0.29) is 17.9 Å². The predicted octanol–water partition coefficient (Wildman–Crippen LogP) is 2.38. The number of benzene rings is 1. The Hall–Kier alpha value is -3.22. The van der Waals surface area contributed by atoms with Crippen molar-refractivity contribution in [3.8, 4) is 0 Å². The summed E-state index contributed by atoms with van der Waals surface area (Å²) in [6, 6.07) is 7.79. The number of amides is 1. The SMILES string of the molecule is CCc1ccc(NC(=O)CCc2c(C)nc3c(c2C)c(=O)n(C)c(=O)n3C)cc1. The highest BCUT2D eigenvalue weighted by molar-refractivity contribution is 5.91. The average molecular weight is 394 g/mol. The smallest absolute Gasteiger partial charge is 0.326 e. The lowest BCUT2D eigenvalue weighted by Crippen LogP contribution is -2.38. The highest BCUT2D eigenvalue weighted by atomic mass is 16.2. The first kappa shape index (κ1) is 20.5. The van der Waals surface area contributed by atoms with Crippen LogP contribution >= 0.6 is 0 Å². The van der Waals surface area contributed by atoms with E-state index in [1.807, 2.05) is 38.1 Å². The second-order valence-electron chi connectivity index (χ2n) is 7.30. The van der Waals surface area contributed by atoms with Crippen molar-refractivity contribution >= 4 is 22.6 Å². The minimum Gasteiger partial charge on any atom is -0.326 e. The lowest BCUT2D eigenvalue weighted by Gasteiger charge is -2.15. The van der Waals surface area contributed by atoms with Crippen molar-refractivity contribution in [2.75, 3.05) is 5.32 Å². The van der Waals surface area contributed by atoms with Crippen LogP contribution in [-0.4, -0.2) is 20.0 Å². The molecule has 1 N–H and O–H groups in total. The van der Waals surface area contributed by atoms with Gasteiger partial charge in [0, 0.05) is 31.9 Å². The molecule has 0 aliphatic carbocycles. The standard InChI is InChI=1S/C22H26N4O3/c1-6-15-7-9-16(10-8-15)24-18(27)12-11-17-13(2)19-20(23-14(17)3)25(4)22(29)26(5)21(19)28/h7-10H,6,11-12H2,1-5H3,(H,24,27). The zero-order chi connectivity index (χ0) is 21.3. The van der Waals surface area contributed by atoms with Crippen LogP contribution in [0, 0.1) is 13.8 Å². The summed E-state index contributed by atoms with van der Waals surface area (Å²) >= 11 is 0. The highest BCUT2D eigenvalue weighted by Crippen LogP contribution is 2.21. The third-order valence-electron chi connectivity index (χ3n) is 5.42. The molecule has 7 heteroatoms. The summed E-state index contributed by atoms with van der Waals surface area (Å²) in [7, 11) is 3.06. The first-order valence-corrected chi connectivity index (χ1v) is 9.69. The molecular formula is C22H26N4O3. The maximum absolute atomic E-state index is 12.6. The number of hydrogen-bond acceptors (Lipinski definition) is 4. The Morgan fingerprint density at radius 3 is 2.34 bits per heavy atom. The summed E-state index contributed by atoms with van der Waals surface area (Å²) in [5.74, 6) is -0.0958. The van der Waals surface area contributed by atoms with Gasteiger partial charge in [-0.2, -0.15) is 0 Å². The molecule has 7 nitrogen and oxygen atoms in total.